The first kappa shape index (κ1) is 20.9. The van der Waals surface area contributed by atoms with Crippen LogP contribution in [0.25, 0.3) is 0 Å². The van der Waals surface area contributed by atoms with E-state index in [4.69, 9.17) is 4.74 Å². The van der Waals surface area contributed by atoms with Crippen molar-refractivity contribution >= 4 is 23.4 Å². The van der Waals surface area contributed by atoms with Crippen molar-refractivity contribution < 1.29 is 9.53 Å². The molecule has 0 atom stereocenters. The largest absolute Gasteiger partial charge is 0.485 e. The Hall–Kier alpha value is -2.80. The molecule has 3 rings (SSSR count). The Labute approximate surface area is 175 Å². The van der Waals surface area contributed by atoms with Crippen molar-refractivity contribution in [2.45, 2.75) is 39.5 Å². The number of nitrogens with zero attached hydrogens (tertiary/aromatic N) is 3. The molecule has 0 aliphatic carbocycles. The Morgan fingerprint density at radius 1 is 1.03 bits per heavy atom. The summed E-state index contributed by atoms with van der Waals surface area (Å²) in [6, 6.07) is 12.1. The quantitative estimate of drug-likeness (QED) is 0.586. The van der Waals surface area contributed by atoms with E-state index in [0.29, 0.717) is 17.6 Å². The maximum absolute atomic E-state index is 12.3. The topological polar surface area (TPSA) is 69.0 Å². The van der Waals surface area contributed by atoms with Gasteiger partial charge in [-0.15, -0.1) is 10.2 Å². The third-order valence-electron chi connectivity index (χ3n) is 4.61. The van der Waals surface area contributed by atoms with Gasteiger partial charge in [-0.2, -0.15) is 0 Å². The lowest BCUT2D eigenvalue weighted by Gasteiger charge is -2.10. The first-order valence-electron chi connectivity index (χ1n) is 9.41. The number of benzene rings is 2. The molecule has 0 aliphatic rings. The number of aryl methyl sites for hydroxylation is 4. The third kappa shape index (κ3) is 5.38. The van der Waals surface area contributed by atoms with Crippen LogP contribution in [0, 0.1) is 27.7 Å². The van der Waals surface area contributed by atoms with E-state index in [1.807, 2.05) is 69.6 Å². The predicted molar refractivity (Wildman–Crippen MR) is 117 cm³/mol. The average Bonchev–Trinajstić information content (AvgIpc) is 3.03. The van der Waals surface area contributed by atoms with E-state index in [9.17, 15) is 4.79 Å². The van der Waals surface area contributed by atoms with Gasteiger partial charge in [0.15, 0.2) is 11.0 Å². The number of ether oxygens (including phenoxy) is 1. The van der Waals surface area contributed by atoms with Crippen LogP contribution in [0.4, 0.5) is 5.69 Å². The monoisotopic (exact) mass is 410 g/mol. The zero-order chi connectivity index (χ0) is 21.0. The van der Waals surface area contributed by atoms with Crippen molar-refractivity contribution in [3.05, 3.63) is 64.5 Å². The van der Waals surface area contributed by atoms with Crippen molar-refractivity contribution in [1.29, 1.82) is 0 Å². The predicted octanol–water partition coefficient (Wildman–Crippen LogP) is 4.36. The van der Waals surface area contributed by atoms with Crippen LogP contribution in [-0.4, -0.2) is 26.4 Å². The first-order chi connectivity index (χ1) is 13.8. The summed E-state index contributed by atoms with van der Waals surface area (Å²) in [6.07, 6.45) is 0. The lowest BCUT2D eigenvalue weighted by Crippen LogP contribution is -2.15. The van der Waals surface area contributed by atoms with Crippen molar-refractivity contribution in [3.8, 4) is 5.75 Å². The number of rotatable bonds is 7. The minimum atomic E-state index is -0.0712. The molecule has 0 saturated heterocycles. The third-order valence-corrected chi connectivity index (χ3v) is 5.63. The van der Waals surface area contributed by atoms with Crippen molar-refractivity contribution in [3.63, 3.8) is 0 Å². The molecule has 1 N–H and O–H groups in total. The Bertz CT molecular complexity index is 1030. The van der Waals surface area contributed by atoms with E-state index in [1.165, 1.54) is 17.3 Å². The average molecular weight is 411 g/mol. The van der Waals surface area contributed by atoms with Gasteiger partial charge in [0.05, 0.1) is 5.75 Å². The van der Waals surface area contributed by atoms with Gasteiger partial charge in [-0.25, -0.2) is 0 Å². The van der Waals surface area contributed by atoms with Gasteiger partial charge in [0, 0.05) is 12.7 Å². The molecule has 0 radical (unpaired) electrons. The molecule has 6 nitrogen and oxygen atoms in total. The number of amides is 1. The number of nitrogens with one attached hydrogen (secondary N) is 1. The van der Waals surface area contributed by atoms with E-state index in [2.05, 4.69) is 21.6 Å². The minimum Gasteiger partial charge on any atom is -0.485 e. The van der Waals surface area contributed by atoms with Crippen LogP contribution in [0.5, 0.6) is 5.75 Å². The molecule has 29 heavy (non-hydrogen) atoms. The fourth-order valence-corrected chi connectivity index (χ4v) is 3.60. The molecule has 0 spiro atoms. The van der Waals surface area contributed by atoms with Gasteiger partial charge in [0.2, 0.25) is 5.91 Å². The SMILES string of the molecule is Cc1ccc(NC(=O)CSc2nnc(COc3cc(C)ccc3C)n2C)c(C)c1. The molecule has 0 saturated carbocycles. The highest BCUT2D eigenvalue weighted by Gasteiger charge is 2.13. The number of hydrogen-bond donors (Lipinski definition) is 1. The van der Waals surface area contributed by atoms with Crippen LogP contribution in [0.3, 0.4) is 0 Å². The molecular formula is C22H26N4O2S. The summed E-state index contributed by atoms with van der Waals surface area (Å²) in [5.41, 5.74) is 5.28. The fourth-order valence-electron chi connectivity index (χ4n) is 2.87. The summed E-state index contributed by atoms with van der Waals surface area (Å²) in [6.45, 7) is 8.39. The number of carbonyl (C=O) groups is 1. The summed E-state index contributed by atoms with van der Waals surface area (Å²) in [5, 5.41) is 12.0. The Kier molecular flexibility index (Phi) is 6.59. The molecule has 3 aromatic rings. The minimum absolute atomic E-state index is 0.0712. The zero-order valence-electron chi connectivity index (χ0n) is 17.4. The van der Waals surface area contributed by atoms with Crippen LogP contribution in [0.1, 0.15) is 28.1 Å². The lowest BCUT2D eigenvalue weighted by molar-refractivity contribution is -0.113. The highest BCUT2D eigenvalue weighted by atomic mass is 32.2. The van der Waals surface area contributed by atoms with Gasteiger partial charge in [-0.05, 0) is 56.5 Å². The Morgan fingerprint density at radius 2 is 1.76 bits per heavy atom. The number of carbonyl (C=O) groups excluding carboxylic acids is 1. The Morgan fingerprint density at radius 3 is 2.52 bits per heavy atom. The fraction of sp³-hybridized carbons (Fsp3) is 0.318. The highest BCUT2D eigenvalue weighted by molar-refractivity contribution is 7.99. The standard InChI is InChI=1S/C22H26N4O2S/c1-14-7-9-18(17(4)10-14)23-21(27)13-29-22-25-24-20(26(22)5)12-28-19-11-15(2)6-8-16(19)3/h6-11H,12-13H2,1-5H3,(H,23,27). The van der Waals surface area contributed by atoms with Gasteiger partial charge in [-0.1, -0.05) is 41.6 Å². The van der Waals surface area contributed by atoms with Crippen LogP contribution >= 0.6 is 11.8 Å². The van der Waals surface area contributed by atoms with Gasteiger partial charge in [0.1, 0.15) is 12.4 Å². The number of anilines is 1. The number of thioether (sulfide) groups is 1. The molecule has 0 bridgehead atoms. The van der Waals surface area contributed by atoms with Crippen molar-refractivity contribution in [1.82, 2.24) is 14.8 Å². The van der Waals surface area contributed by atoms with E-state index >= 15 is 0 Å². The second-order valence-corrected chi connectivity index (χ2v) is 8.11. The van der Waals surface area contributed by atoms with Crippen LogP contribution in [0.15, 0.2) is 41.6 Å². The summed E-state index contributed by atoms with van der Waals surface area (Å²) in [4.78, 5) is 12.3. The molecule has 0 unspecified atom stereocenters. The second kappa shape index (κ2) is 9.13. The van der Waals surface area contributed by atoms with Crippen LogP contribution in [0.2, 0.25) is 0 Å². The summed E-state index contributed by atoms with van der Waals surface area (Å²) >= 11 is 1.35. The number of hydrogen-bond acceptors (Lipinski definition) is 5. The number of aromatic nitrogens is 3. The van der Waals surface area contributed by atoms with E-state index < -0.39 is 0 Å². The smallest absolute Gasteiger partial charge is 0.234 e. The molecular weight excluding hydrogens is 384 g/mol. The molecule has 152 valence electrons. The van der Waals surface area contributed by atoms with Gasteiger partial charge >= 0.3 is 0 Å². The highest BCUT2D eigenvalue weighted by Crippen LogP contribution is 2.22. The maximum Gasteiger partial charge on any atom is 0.234 e. The summed E-state index contributed by atoms with van der Waals surface area (Å²) in [5.74, 6) is 1.74. The molecule has 1 amide bonds. The normalized spacial score (nSPS) is 10.8. The zero-order valence-corrected chi connectivity index (χ0v) is 18.3. The van der Waals surface area contributed by atoms with Crippen LogP contribution in [-0.2, 0) is 18.4 Å². The lowest BCUT2D eigenvalue weighted by atomic mass is 10.1. The first-order valence-corrected chi connectivity index (χ1v) is 10.4. The second-order valence-electron chi connectivity index (χ2n) is 7.17. The van der Waals surface area contributed by atoms with E-state index in [-0.39, 0.29) is 11.7 Å². The maximum atomic E-state index is 12.3. The van der Waals surface area contributed by atoms with Crippen molar-refractivity contribution in [2.75, 3.05) is 11.1 Å². The van der Waals surface area contributed by atoms with Crippen molar-refractivity contribution in [2.24, 2.45) is 7.05 Å². The summed E-state index contributed by atoms with van der Waals surface area (Å²) < 4.78 is 7.77. The molecule has 7 heteroatoms. The molecule has 0 aliphatic heterocycles. The van der Waals surface area contributed by atoms with E-state index in [0.717, 1.165) is 28.1 Å². The van der Waals surface area contributed by atoms with Gasteiger partial charge in [-0.3, -0.25) is 4.79 Å². The molecule has 0 fully saturated rings. The van der Waals surface area contributed by atoms with Gasteiger partial charge < -0.3 is 14.6 Å². The van der Waals surface area contributed by atoms with Crippen LogP contribution < -0.4 is 10.1 Å². The Balaban J connectivity index is 1.56. The molecule has 1 aromatic heterocycles. The van der Waals surface area contributed by atoms with E-state index in [1.54, 1.807) is 0 Å². The summed E-state index contributed by atoms with van der Waals surface area (Å²) in [7, 11) is 1.88. The molecule has 2 aromatic carbocycles. The molecule has 1 heterocycles. The van der Waals surface area contributed by atoms with Gasteiger partial charge in [0.25, 0.3) is 0 Å².